The number of ether oxygens (including phenoxy) is 2. The van der Waals surface area contributed by atoms with Crippen molar-refractivity contribution in [1.82, 2.24) is 9.55 Å². The first-order chi connectivity index (χ1) is 15.2. The average Bonchev–Trinajstić information content (AvgIpc) is 3.06. The molecule has 0 bridgehead atoms. The number of hydrogen-bond donors (Lipinski definition) is 1. The van der Waals surface area contributed by atoms with E-state index < -0.39 is 21.7 Å². The van der Waals surface area contributed by atoms with Crippen LogP contribution >= 0.6 is 0 Å². The van der Waals surface area contributed by atoms with Gasteiger partial charge >= 0.3 is 0 Å². The van der Waals surface area contributed by atoms with Gasteiger partial charge in [-0.2, -0.15) is 0 Å². The molecule has 166 valence electrons. The number of benzene rings is 2. The van der Waals surface area contributed by atoms with Crippen LogP contribution in [0.15, 0.2) is 54.9 Å². The van der Waals surface area contributed by atoms with Gasteiger partial charge in [0.1, 0.15) is 17.1 Å². The normalized spacial score (nSPS) is 11.5. The molecule has 0 aliphatic heterocycles. The van der Waals surface area contributed by atoms with Crippen LogP contribution < -0.4 is 14.2 Å². The third-order valence-electron chi connectivity index (χ3n) is 4.74. The Bertz CT molecular complexity index is 1430. The van der Waals surface area contributed by atoms with Gasteiger partial charge in [0.05, 0.1) is 13.4 Å². The second kappa shape index (κ2) is 8.12. The lowest BCUT2D eigenvalue weighted by Crippen LogP contribution is -2.09. The van der Waals surface area contributed by atoms with Gasteiger partial charge in [0.2, 0.25) is 15.9 Å². The molecule has 0 amide bonds. The Balaban J connectivity index is 1.92. The van der Waals surface area contributed by atoms with Crippen molar-refractivity contribution in [2.75, 3.05) is 18.1 Å². The summed E-state index contributed by atoms with van der Waals surface area (Å²) in [7, 11) is -0.210. The van der Waals surface area contributed by atoms with Crippen LogP contribution in [-0.4, -0.2) is 31.3 Å². The summed E-state index contributed by atoms with van der Waals surface area (Å²) in [5, 5.41) is 0.764. The van der Waals surface area contributed by atoms with Crippen LogP contribution in [0.3, 0.4) is 0 Å². The first kappa shape index (κ1) is 21.6. The summed E-state index contributed by atoms with van der Waals surface area (Å²) < 4.78 is 66.4. The molecule has 0 saturated carbocycles. The average molecular weight is 459 g/mol. The fraction of sp³-hybridized carbons (Fsp3) is 0.136. The lowest BCUT2D eigenvalue weighted by Gasteiger charge is -2.14. The molecule has 4 rings (SSSR count). The largest absolute Gasteiger partial charge is 0.479 e. The summed E-state index contributed by atoms with van der Waals surface area (Å²) in [4.78, 5) is 4.22. The molecule has 1 N–H and O–H groups in total. The van der Waals surface area contributed by atoms with Crippen molar-refractivity contribution in [2.24, 2.45) is 7.05 Å². The summed E-state index contributed by atoms with van der Waals surface area (Å²) in [6.07, 6.45) is 4.44. The smallest absolute Gasteiger partial charge is 0.238 e. The molecular formula is C22H19F2N3O4S. The van der Waals surface area contributed by atoms with Crippen LogP contribution in [0.4, 0.5) is 14.5 Å². The minimum atomic E-state index is -3.53. The second-order valence-corrected chi connectivity index (χ2v) is 8.88. The fourth-order valence-corrected chi connectivity index (χ4v) is 4.02. The number of anilines is 1. The molecule has 2 aromatic heterocycles. The first-order valence-electron chi connectivity index (χ1n) is 9.39. The molecule has 0 radical (unpaired) electrons. The van der Waals surface area contributed by atoms with E-state index in [-0.39, 0.29) is 11.5 Å². The van der Waals surface area contributed by atoms with E-state index in [9.17, 15) is 17.2 Å². The van der Waals surface area contributed by atoms with E-state index in [1.165, 1.54) is 25.3 Å². The Kier molecular flexibility index (Phi) is 5.47. The number of aromatic nitrogens is 2. The molecule has 0 spiro atoms. The Morgan fingerprint density at radius 2 is 1.78 bits per heavy atom. The van der Waals surface area contributed by atoms with E-state index in [0.717, 1.165) is 23.8 Å². The van der Waals surface area contributed by atoms with Crippen LogP contribution in [0.1, 0.15) is 0 Å². The zero-order valence-electron chi connectivity index (χ0n) is 17.4. The maximum absolute atomic E-state index is 14.2. The van der Waals surface area contributed by atoms with Crippen molar-refractivity contribution in [3.63, 3.8) is 0 Å². The zero-order valence-corrected chi connectivity index (χ0v) is 18.2. The van der Waals surface area contributed by atoms with E-state index in [1.54, 1.807) is 18.3 Å². The van der Waals surface area contributed by atoms with Gasteiger partial charge in [-0.1, -0.05) is 0 Å². The van der Waals surface area contributed by atoms with Crippen LogP contribution in [0.25, 0.3) is 22.0 Å². The molecule has 4 aromatic rings. The molecule has 10 heteroatoms. The van der Waals surface area contributed by atoms with Crippen molar-refractivity contribution >= 4 is 26.6 Å². The molecule has 0 aliphatic rings. The number of hydrogen-bond acceptors (Lipinski definition) is 5. The molecule has 0 fully saturated rings. The lowest BCUT2D eigenvalue weighted by molar-refractivity contribution is 0.401. The predicted octanol–water partition coefficient (Wildman–Crippen LogP) is 4.69. The Morgan fingerprint density at radius 3 is 2.47 bits per heavy atom. The van der Waals surface area contributed by atoms with Crippen molar-refractivity contribution < 1.29 is 26.7 Å². The highest BCUT2D eigenvalue weighted by atomic mass is 32.2. The molecule has 7 nitrogen and oxygen atoms in total. The number of methoxy groups -OCH3 is 1. The van der Waals surface area contributed by atoms with Gasteiger partial charge in [0.15, 0.2) is 11.6 Å². The van der Waals surface area contributed by atoms with E-state index in [0.29, 0.717) is 28.2 Å². The number of pyridine rings is 1. The number of halogens is 2. The Hall–Kier alpha value is -3.66. The van der Waals surface area contributed by atoms with Gasteiger partial charge in [-0.3, -0.25) is 4.72 Å². The molecule has 0 unspecified atom stereocenters. The van der Waals surface area contributed by atoms with Crippen LogP contribution in [0.5, 0.6) is 17.4 Å². The Morgan fingerprint density at radius 1 is 1.03 bits per heavy atom. The topological polar surface area (TPSA) is 82.4 Å². The van der Waals surface area contributed by atoms with Gasteiger partial charge in [-0.25, -0.2) is 22.2 Å². The van der Waals surface area contributed by atoms with Crippen LogP contribution in [0, 0.1) is 11.6 Å². The highest BCUT2D eigenvalue weighted by molar-refractivity contribution is 7.92. The number of fused-ring (bicyclic) bond motifs is 1. The summed E-state index contributed by atoms with van der Waals surface area (Å²) >= 11 is 0. The minimum absolute atomic E-state index is 0.170. The number of rotatable bonds is 6. The molecule has 0 aliphatic carbocycles. The van der Waals surface area contributed by atoms with E-state index in [4.69, 9.17) is 9.47 Å². The van der Waals surface area contributed by atoms with Crippen molar-refractivity contribution in [3.8, 4) is 28.5 Å². The Labute approximate surface area is 183 Å². The zero-order chi connectivity index (χ0) is 23.0. The molecule has 0 saturated heterocycles. The van der Waals surface area contributed by atoms with E-state index >= 15 is 0 Å². The summed E-state index contributed by atoms with van der Waals surface area (Å²) in [5.74, 6) is -1.10. The summed E-state index contributed by atoms with van der Waals surface area (Å²) in [6.45, 7) is 0. The van der Waals surface area contributed by atoms with Crippen molar-refractivity contribution in [1.29, 1.82) is 0 Å². The highest BCUT2D eigenvalue weighted by Crippen LogP contribution is 2.41. The number of sulfonamides is 1. The maximum atomic E-state index is 14.2. The van der Waals surface area contributed by atoms with Crippen molar-refractivity contribution in [2.45, 2.75) is 0 Å². The third kappa shape index (κ3) is 4.22. The van der Waals surface area contributed by atoms with E-state index in [2.05, 4.69) is 9.71 Å². The summed E-state index contributed by atoms with van der Waals surface area (Å²) in [5.41, 5.74) is 2.18. The summed E-state index contributed by atoms with van der Waals surface area (Å²) in [6, 6.07) is 9.38. The standard InChI is InChI=1S/C22H19F2N3O4S/c1-27-12-17(15-8-9-25-22(30-2)21(15)27)16-11-14(26-32(3,28)29)5-7-19(16)31-20-6-4-13(23)10-18(20)24/h4-12,26H,1-3H3. The van der Waals surface area contributed by atoms with Gasteiger partial charge in [-0.15, -0.1) is 0 Å². The fourth-order valence-electron chi connectivity index (χ4n) is 3.47. The number of nitrogens with zero attached hydrogens (tertiary/aromatic N) is 2. The lowest BCUT2D eigenvalue weighted by atomic mass is 10.0. The van der Waals surface area contributed by atoms with Crippen LogP contribution in [-0.2, 0) is 17.1 Å². The molecule has 32 heavy (non-hydrogen) atoms. The third-order valence-corrected chi connectivity index (χ3v) is 5.34. The maximum Gasteiger partial charge on any atom is 0.238 e. The van der Waals surface area contributed by atoms with E-state index in [1.807, 2.05) is 17.8 Å². The minimum Gasteiger partial charge on any atom is -0.479 e. The first-order valence-corrected chi connectivity index (χ1v) is 11.3. The van der Waals surface area contributed by atoms with Crippen LogP contribution in [0.2, 0.25) is 0 Å². The molecule has 0 atom stereocenters. The number of aryl methyl sites for hydroxylation is 1. The van der Waals surface area contributed by atoms with Gasteiger partial charge in [0, 0.05) is 47.7 Å². The van der Waals surface area contributed by atoms with Crippen molar-refractivity contribution in [3.05, 3.63) is 66.5 Å². The monoisotopic (exact) mass is 459 g/mol. The number of nitrogens with one attached hydrogen (secondary N) is 1. The highest BCUT2D eigenvalue weighted by Gasteiger charge is 2.19. The van der Waals surface area contributed by atoms with Gasteiger partial charge in [0.25, 0.3) is 0 Å². The molecule has 2 aromatic carbocycles. The second-order valence-electron chi connectivity index (χ2n) is 7.13. The van der Waals surface area contributed by atoms with Gasteiger partial charge in [-0.05, 0) is 36.4 Å². The predicted molar refractivity (Wildman–Crippen MR) is 118 cm³/mol. The van der Waals surface area contributed by atoms with Gasteiger partial charge < -0.3 is 14.0 Å². The molecule has 2 heterocycles. The SMILES string of the molecule is COc1nccc2c(-c3cc(NS(C)(=O)=O)ccc3Oc3ccc(F)cc3F)cn(C)c12. The molecular weight excluding hydrogens is 440 g/mol. The quantitative estimate of drug-likeness (QED) is 0.452.